The first-order chi connectivity index (χ1) is 20.8. The molecule has 9 rings (SSSR count). The Hall–Kier alpha value is -5.60. The van der Waals surface area contributed by atoms with E-state index < -0.39 is 0 Å². The van der Waals surface area contributed by atoms with Gasteiger partial charge in [0.2, 0.25) is 0 Å². The molecule has 0 unspecified atom stereocenters. The van der Waals surface area contributed by atoms with Crippen molar-refractivity contribution in [3.05, 3.63) is 146 Å². The van der Waals surface area contributed by atoms with Gasteiger partial charge < -0.3 is 0 Å². The summed E-state index contributed by atoms with van der Waals surface area (Å²) < 4.78 is 0. The maximum absolute atomic E-state index is 5.60. The predicted molar refractivity (Wildman–Crippen MR) is 178 cm³/mol. The van der Waals surface area contributed by atoms with E-state index in [9.17, 15) is 0 Å². The van der Waals surface area contributed by atoms with Crippen LogP contribution >= 0.6 is 0 Å². The molecule has 0 N–H and O–H groups in total. The van der Waals surface area contributed by atoms with Crippen LogP contribution in [0.15, 0.2) is 146 Å². The highest BCUT2D eigenvalue weighted by Gasteiger charge is 2.20. The molecular weight excluding hydrogens is 508 g/mol. The maximum Gasteiger partial charge on any atom is 0.0801 e. The summed E-state index contributed by atoms with van der Waals surface area (Å²) >= 11 is 0. The van der Waals surface area contributed by atoms with Crippen molar-refractivity contribution in [1.29, 1.82) is 0 Å². The molecule has 2 heterocycles. The van der Waals surface area contributed by atoms with Crippen molar-refractivity contribution in [2.24, 2.45) is 0 Å². The van der Waals surface area contributed by atoms with Gasteiger partial charge in [0.05, 0.1) is 11.2 Å². The summed E-state index contributed by atoms with van der Waals surface area (Å²) in [5, 5.41) is 13.2. The fourth-order valence-corrected chi connectivity index (χ4v) is 6.83. The minimum atomic E-state index is 1.02. The minimum Gasteiger partial charge on any atom is -0.265 e. The van der Waals surface area contributed by atoms with E-state index in [1.807, 2.05) is 12.4 Å². The second-order valence-corrected chi connectivity index (χ2v) is 11.0. The molecule has 0 fully saturated rings. The zero-order chi connectivity index (χ0) is 27.6. The Balaban J connectivity index is 1.54. The Morgan fingerprint density at radius 2 is 0.881 bits per heavy atom. The van der Waals surface area contributed by atoms with Gasteiger partial charge in [-0.05, 0) is 78.5 Å². The molecule has 0 bridgehead atoms. The van der Waals surface area contributed by atoms with Crippen molar-refractivity contribution in [2.75, 3.05) is 0 Å². The summed E-state index contributed by atoms with van der Waals surface area (Å²) in [6.07, 6.45) is 3.75. The van der Waals surface area contributed by atoms with Gasteiger partial charge in [0, 0.05) is 34.1 Å². The lowest BCUT2D eigenvalue weighted by molar-refractivity contribution is 1.33. The van der Waals surface area contributed by atoms with Crippen LogP contribution in [-0.2, 0) is 0 Å². The average Bonchev–Trinajstić information content (AvgIpc) is 3.06. The van der Waals surface area contributed by atoms with Gasteiger partial charge in [-0.25, -0.2) is 4.98 Å². The topological polar surface area (TPSA) is 25.8 Å². The highest BCUT2D eigenvalue weighted by Crippen LogP contribution is 2.46. The number of hydrogen-bond donors (Lipinski definition) is 0. The quantitative estimate of drug-likeness (QED) is 0.163. The van der Waals surface area contributed by atoms with Crippen LogP contribution in [0, 0.1) is 0 Å². The van der Waals surface area contributed by atoms with Crippen LogP contribution in [0.2, 0.25) is 0 Å². The largest absolute Gasteiger partial charge is 0.265 e. The third kappa shape index (κ3) is 3.33. The van der Waals surface area contributed by atoms with Gasteiger partial charge in [-0.1, -0.05) is 109 Å². The molecule has 0 radical (unpaired) electrons. The van der Waals surface area contributed by atoms with E-state index in [4.69, 9.17) is 4.98 Å². The molecular formula is C40H24N2. The third-order valence-electron chi connectivity index (χ3n) is 8.69. The molecule has 2 heteroatoms. The molecule has 0 atom stereocenters. The Labute approximate surface area is 242 Å². The van der Waals surface area contributed by atoms with Crippen molar-refractivity contribution in [3.63, 3.8) is 0 Å². The highest BCUT2D eigenvalue weighted by atomic mass is 14.7. The molecule has 194 valence electrons. The van der Waals surface area contributed by atoms with E-state index in [0.717, 1.165) is 16.8 Å². The molecule has 9 aromatic rings. The number of nitrogens with zero attached hydrogens (tertiary/aromatic N) is 2. The maximum atomic E-state index is 5.60. The Morgan fingerprint density at radius 1 is 0.357 bits per heavy atom. The molecule has 0 aliphatic carbocycles. The third-order valence-corrected chi connectivity index (χ3v) is 8.69. The summed E-state index contributed by atoms with van der Waals surface area (Å²) in [5.41, 5.74) is 5.63. The van der Waals surface area contributed by atoms with Crippen molar-refractivity contribution in [3.8, 4) is 22.4 Å². The molecule has 42 heavy (non-hydrogen) atoms. The van der Waals surface area contributed by atoms with Crippen molar-refractivity contribution >= 4 is 64.8 Å². The normalized spacial score (nSPS) is 11.8. The second kappa shape index (κ2) is 8.95. The molecule has 2 aromatic heterocycles. The van der Waals surface area contributed by atoms with Crippen molar-refractivity contribution < 1.29 is 0 Å². The van der Waals surface area contributed by atoms with Crippen LogP contribution in [0.1, 0.15) is 0 Å². The van der Waals surface area contributed by atoms with Gasteiger partial charge in [-0.3, -0.25) is 4.98 Å². The smallest absolute Gasteiger partial charge is 0.0801 e. The highest BCUT2D eigenvalue weighted by molar-refractivity contribution is 6.26. The second-order valence-electron chi connectivity index (χ2n) is 11.0. The van der Waals surface area contributed by atoms with Gasteiger partial charge in [0.1, 0.15) is 0 Å². The molecule has 0 amide bonds. The first kappa shape index (κ1) is 23.1. The van der Waals surface area contributed by atoms with Gasteiger partial charge in [-0.2, -0.15) is 0 Å². The summed E-state index contributed by atoms with van der Waals surface area (Å²) in [7, 11) is 0. The molecule has 0 saturated heterocycles. The Kier molecular flexibility index (Phi) is 4.93. The van der Waals surface area contributed by atoms with Crippen molar-refractivity contribution in [2.45, 2.75) is 0 Å². The summed E-state index contributed by atoms with van der Waals surface area (Å²) in [6, 6.07) is 48.2. The summed E-state index contributed by atoms with van der Waals surface area (Å²) in [5.74, 6) is 0. The van der Waals surface area contributed by atoms with Crippen LogP contribution in [0.5, 0.6) is 0 Å². The van der Waals surface area contributed by atoms with Crippen LogP contribution in [0.3, 0.4) is 0 Å². The van der Waals surface area contributed by atoms with Crippen LogP contribution in [-0.4, -0.2) is 9.97 Å². The average molecular weight is 533 g/mol. The van der Waals surface area contributed by atoms with Crippen LogP contribution in [0.4, 0.5) is 0 Å². The molecule has 2 nitrogen and oxygen atoms in total. The van der Waals surface area contributed by atoms with Gasteiger partial charge in [0.15, 0.2) is 0 Å². The lowest BCUT2D eigenvalue weighted by atomic mass is 9.86. The van der Waals surface area contributed by atoms with E-state index in [1.165, 1.54) is 70.4 Å². The Morgan fingerprint density at radius 3 is 1.52 bits per heavy atom. The van der Waals surface area contributed by atoms with E-state index in [0.29, 0.717) is 0 Å². The van der Waals surface area contributed by atoms with E-state index in [2.05, 4.69) is 138 Å². The number of aromatic nitrogens is 2. The fraction of sp³-hybridized carbons (Fsp3) is 0. The molecule has 0 saturated carbocycles. The monoisotopic (exact) mass is 532 g/mol. The first-order valence-corrected chi connectivity index (χ1v) is 14.3. The zero-order valence-electron chi connectivity index (χ0n) is 22.8. The molecule has 0 aliphatic rings. The zero-order valence-corrected chi connectivity index (χ0v) is 22.8. The lowest BCUT2D eigenvalue weighted by Crippen LogP contribution is -1.95. The van der Waals surface area contributed by atoms with E-state index in [-0.39, 0.29) is 0 Å². The number of rotatable bonds is 2. The molecule has 7 aromatic carbocycles. The van der Waals surface area contributed by atoms with E-state index in [1.54, 1.807) is 0 Å². The molecule has 0 spiro atoms. The van der Waals surface area contributed by atoms with Gasteiger partial charge in [-0.15, -0.1) is 0 Å². The van der Waals surface area contributed by atoms with E-state index >= 15 is 0 Å². The number of pyridine rings is 2. The van der Waals surface area contributed by atoms with Crippen molar-refractivity contribution in [1.82, 2.24) is 9.97 Å². The minimum absolute atomic E-state index is 1.02. The standard InChI is InChI=1S/C40H24N2/c1-2-11-28-24-36-35(23-27(28)10-1)34-18-17-25-9-3-4-12-29(25)39(34)42-40(36)38-32-15-7-5-13-30(32)37(26-19-21-41-22-20-26)31-14-6-8-16-33(31)38/h1-24H. The lowest BCUT2D eigenvalue weighted by Gasteiger charge is -2.19. The summed E-state index contributed by atoms with van der Waals surface area (Å²) in [4.78, 5) is 9.90. The first-order valence-electron chi connectivity index (χ1n) is 14.3. The number of benzene rings is 7. The summed E-state index contributed by atoms with van der Waals surface area (Å²) in [6.45, 7) is 0. The fourth-order valence-electron chi connectivity index (χ4n) is 6.83. The van der Waals surface area contributed by atoms with Gasteiger partial charge in [0.25, 0.3) is 0 Å². The van der Waals surface area contributed by atoms with Crippen LogP contribution < -0.4 is 0 Å². The Bertz CT molecular complexity index is 2460. The predicted octanol–water partition coefficient (Wildman–Crippen LogP) is 10.7. The number of fused-ring (bicyclic) bond motifs is 8. The van der Waals surface area contributed by atoms with Crippen LogP contribution in [0.25, 0.3) is 87.1 Å². The SMILES string of the molecule is c1ccc2cc3c(cc2c1)c(-c1c2ccccc2c(-c2ccncc2)c2ccccc12)nc1c2ccccc2ccc31. The number of hydrogen-bond acceptors (Lipinski definition) is 2. The van der Waals surface area contributed by atoms with Gasteiger partial charge >= 0.3 is 0 Å². The molecule has 0 aliphatic heterocycles.